The molecule has 4 aromatic rings. The minimum atomic E-state index is -0.537. The molecule has 6 rings (SSSR count). The molecule has 0 spiro atoms. The fraction of sp³-hybridized carbons (Fsp3) is 0.346. The number of amides is 1. The van der Waals surface area contributed by atoms with E-state index in [-0.39, 0.29) is 54.7 Å². The standard InChI is InChI=1S/C26H24F2N4O4.ClH/c1-35-13-15-8-22-21(30-25(33)23-10-29-24(32(22)23)14-4-6-36-7-5-14)9-16(15)26(34)31-11-17-18(12-31)20(28)3-2-19(17)27;/h2-3,8-10,14H,4-7,11-13H2,1H3,(H,30,33);1H. The third kappa shape index (κ3) is 4.18. The van der Waals surface area contributed by atoms with Gasteiger partial charge in [0, 0.05) is 56.0 Å². The van der Waals surface area contributed by atoms with E-state index < -0.39 is 17.5 Å². The number of imidazole rings is 1. The Morgan fingerprint density at radius 1 is 1.14 bits per heavy atom. The highest BCUT2D eigenvalue weighted by molar-refractivity contribution is 5.99. The van der Waals surface area contributed by atoms with Gasteiger partial charge in [-0.1, -0.05) is 0 Å². The van der Waals surface area contributed by atoms with Gasteiger partial charge >= 0.3 is 0 Å². The lowest BCUT2D eigenvalue weighted by Crippen LogP contribution is -2.27. The van der Waals surface area contributed by atoms with E-state index in [9.17, 15) is 18.4 Å². The molecule has 1 fully saturated rings. The number of nitrogens with zero attached hydrogens (tertiary/aromatic N) is 3. The Morgan fingerprint density at radius 3 is 2.46 bits per heavy atom. The SMILES string of the molecule is COCc1cc2c(cc1C(=O)N1Cc3c(F)ccc(F)c3C1)[nH]c(=O)c1cnc(C3CCOCC3)n12.Cl. The number of nitrogens with one attached hydrogen (secondary N) is 1. The van der Waals surface area contributed by atoms with E-state index in [1.54, 1.807) is 12.3 Å². The maximum atomic E-state index is 14.3. The van der Waals surface area contributed by atoms with Gasteiger partial charge in [0.05, 0.1) is 23.8 Å². The van der Waals surface area contributed by atoms with Crippen molar-refractivity contribution in [3.63, 3.8) is 0 Å². The van der Waals surface area contributed by atoms with Crippen LogP contribution in [0.3, 0.4) is 0 Å². The molecule has 0 bridgehead atoms. The van der Waals surface area contributed by atoms with Crippen molar-refractivity contribution < 1.29 is 23.0 Å². The normalized spacial score (nSPS) is 15.8. The Bertz CT molecular complexity index is 1550. The second-order valence-electron chi connectivity index (χ2n) is 9.28. The number of benzene rings is 2. The van der Waals surface area contributed by atoms with Crippen LogP contribution in [0.15, 0.2) is 35.3 Å². The van der Waals surface area contributed by atoms with Crippen molar-refractivity contribution in [3.8, 4) is 0 Å². The zero-order chi connectivity index (χ0) is 25.0. The maximum Gasteiger partial charge on any atom is 0.274 e. The van der Waals surface area contributed by atoms with Crippen molar-refractivity contribution in [2.45, 2.75) is 38.5 Å². The minimum absolute atomic E-state index is 0. The van der Waals surface area contributed by atoms with Gasteiger partial charge in [-0.2, -0.15) is 0 Å². The van der Waals surface area contributed by atoms with E-state index in [1.807, 2.05) is 10.5 Å². The monoisotopic (exact) mass is 530 g/mol. The van der Waals surface area contributed by atoms with Gasteiger partial charge in [-0.15, -0.1) is 12.4 Å². The summed E-state index contributed by atoms with van der Waals surface area (Å²) >= 11 is 0. The number of hydrogen-bond donors (Lipinski definition) is 1. The molecule has 11 heteroatoms. The average molecular weight is 531 g/mol. The summed E-state index contributed by atoms with van der Waals surface area (Å²) in [6.45, 7) is 1.34. The molecule has 2 aliphatic rings. The van der Waals surface area contributed by atoms with Crippen LogP contribution < -0.4 is 5.56 Å². The maximum absolute atomic E-state index is 14.3. The number of rotatable bonds is 4. The smallest absolute Gasteiger partial charge is 0.274 e. The summed E-state index contributed by atoms with van der Waals surface area (Å²) in [5, 5.41) is 0. The zero-order valence-electron chi connectivity index (χ0n) is 20.1. The first-order chi connectivity index (χ1) is 17.5. The van der Waals surface area contributed by atoms with Crippen molar-refractivity contribution in [1.82, 2.24) is 19.3 Å². The van der Waals surface area contributed by atoms with E-state index in [4.69, 9.17) is 9.47 Å². The van der Waals surface area contributed by atoms with Gasteiger partial charge in [0.25, 0.3) is 11.5 Å². The van der Waals surface area contributed by atoms with Gasteiger partial charge in [0.2, 0.25) is 0 Å². The molecule has 37 heavy (non-hydrogen) atoms. The number of aromatic nitrogens is 3. The van der Waals surface area contributed by atoms with Crippen LogP contribution in [-0.4, -0.2) is 45.5 Å². The number of H-pyrrole nitrogens is 1. The lowest BCUT2D eigenvalue weighted by atomic mass is 9.99. The van der Waals surface area contributed by atoms with Crippen LogP contribution in [-0.2, 0) is 29.2 Å². The first kappa shape index (κ1) is 25.3. The van der Waals surface area contributed by atoms with Crippen LogP contribution >= 0.6 is 12.4 Å². The molecule has 0 radical (unpaired) electrons. The number of carbonyl (C=O) groups excluding carboxylic acids is 1. The summed E-state index contributed by atoms with van der Waals surface area (Å²) in [6.07, 6.45) is 3.18. The van der Waals surface area contributed by atoms with Crippen LogP contribution in [0.1, 0.15) is 51.6 Å². The van der Waals surface area contributed by atoms with Crippen LogP contribution in [0.5, 0.6) is 0 Å². The van der Waals surface area contributed by atoms with Gasteiger partial charge in [0.15, 0.2) is 0 Å². The predicted molar refractivity (Wildman–Crippen MR) is 134 cm³/mol. The van der Waals surface area contributed by atoms with Gasteiger partial charge < -0.3 is 19.4 Å². The first-order valence-electron chi connectivity index (χ1n) is 11.8. The van der Waals surface area contributed by atoms with Gasteiger partial charge in [-0.25, -0.2) is 13.8 Å². The predicted octanol–water partition coefficient (Wildman–Crippen LogP) is 4.07. The molecule has 194 valence electrons. The van der Waals surface area contributed by atoms with Crippen LogP contribution in [0.25, 0.3) is 16.6 Å². The van der Waals surface area contributed by atoms with Crippen molar-refractivity contribution in [2.24, 2.45) is 0 Å². The Morgan fingerprint density at radius 2 is 1.81 bits per heavy atom. The van der Waals surface area contributed by atoms with Crippen molar-refractivity contribution in [1.29, 1.82) is 0 Å². The van der Waals surface area contributed by atoms with Crippen LogP contribution in [0, 0.1) is 11.6 Å². The van der Waals surface area contributed by atoms with Gasteiger partial charge in [-0.3, -0.25) is 14.0 Å². The summed E-state index contributed by atoms with van der Waals surface area (Å²) in [5.74, 6) is -0.538. The van der Waals surface area contributed by atoms with Crippen LogP contribution in [0.2, 0.25) is 0 Å². The Kier molecular flexibility index (Phi) is 6.74. The lowest BCUT2D eigenvalue weighted by molar-refractivity contribution is 0.0745. The third-order valence-corrected chi connectivity index (χ3v) is 7.15. The Hall–Kier alpha value is -3.34. The molecule has 0 atom stereocenters. The zero-order valence-corrected chi connectivity index (χ0v) is 20.9. The Labute approximate surface area is 216 Å². The topological polar surface area (TPSA) is 88.9 Å². The molecule has 4 heterocycles. The molecule has 2 aromatic heterocycles. The summed E-state index contributed by atoms with van der Waals surface area (Å²) < 4.78 is 41.3. The fourth-order valence-electron chi connectivity index (χ4n) is 5.33. The third-order valence-electron chi connectivity index (χ3n) is 7.15. The second kappa shape index (κ2) is 9.85. The number of halogens is 3. The first-order valence-corrected chi connectivity index (χ1v) is 11.8. The van der Waals surface area contributed by atoms with E-state index in [1.165, 1.54) is 12.0 Å². The molecule has 0 saturated carbocycles. The highest BCUT2D eigenvalue weighted by Gasteiger charge is 2.31. The summed E-state index contributed by atoms with van der Waals surface area (Å²) in [4.78, 5) is 35.4. The number of fused-ring (bicyclic) bond motifs is 4. The number of ether oxygens (including phenoxy) is 2. The van der Waals surface area contributed by atoms with Crippen molar-refractivity contribution in [2.75, 3.05) is 20.3 Å². The van der Waals surface area contributed by atoms with Crippen molar-refractivity contribution in [3.05, 3.63) is 80.5 Å². The molecule has 1 N–H and O–H groups in total. The molecular weight excluding hydrogens is 506 g/mol. The lowest BCUT2D eigenvalue weighted by Gasteiger charge is -2.22. The summed E-state index contributed by atoms with van der Waals surface area (Å²) in [7, 11) is 1.53. The summed E-state index contributed by atoms with van der Waals surface area (Å²) in [6, 6.07) is 5.59. The molecule has 8 nitrogen and oxygen atoms in total. The Balaban J connectivity index is 0.00000280. The highest BCUT2D eigenvalue weighted by atomic mass is 35.5. The summed E-state index contributed by atoms with van der Waals surface area (Å²) in [5.41, 5.74) is 2.56. The van der Waals surface area contributed by atoms with Crippen molar-refractivity contribution >= 4 is 34.9 Å². The molecule has 0 aliphatic carbocycles. The molecule has 0 unspecified atom stereocenters. The molecule has 2 aliphatic heterocycles. The number of aromatic amines is 1. The largest absolute Gasteiger partial charge is 0.381 e. The van der Waals surface area contributed by atoms with Crippen LogP contribution in [0.4, 0.5) is 8.78 Å². The molecule has 1 amide bonds. The molecule has 1 saturated heterocycles. The number of carbonyl (C=O) groups is 1. The van der Waals surface area contributed by atoms with E-state index in [0.717, 1.165) is 30.8 Å². The van der Waals surface area contributed by atoms with Gasteiger partial charge in [-0.05, 0) is 42.7 Å². The number of hydrogen-bond acceptors (Lipinski definition) is 5. The average Bonchev–Trinajstić information content (AvgIpc) is 3.54. The fourth-order valence-corrected chi connectivity index (χ4v) is 5.33. The quantitative estimate of drug-likeness (QED) is 0.430. The highest BCUT2D eigenvalue weighted by Crippen LogP contribution is 2.32. The van der Waals surface area contributed by atoms with E-state index in [0.29, 0.717) is 40.9 Å². The molecule has 2 aromatic carbocycles. The second-order valence-corrected chi connectivity index (χ2v) is 9.28. The number of methoxy groups -OCH3 is 1. The van der Waals surface area contributed by atoms with E-state index >= 15 is 0 Å². The molecular formula is C26H25ClF2N4O4. The van der Waals surface area contributed by atoms with E-state index in [2.05, 4.69) is 9.97 Å². The minimum Gasteiger partial charge on any atom is -0.381 e. The van der Waals surface area contributed by atoms with Gasteiger partial charge in [0.1, 0.15) is 23.0 Å².